The van der Waals surface area contributed by atoms with Crippen LogP contribution in [0.5, 0.6) is 5.75 Å². The van der Waals surface area contributed by atoms with Crippen LogP contribution in [0.1, 0.15) is 39.2 Å². The van der Waals surface area contributed by atoms with Crippen LogP contribution in [0.15, 0.2) is 71.6 Å². The molecule has 1 N–H and O–H groups in total. The Morgan fingerprint density at radius 1 is 0.976 bits per heavy atom. The number of hydrogen-bond acceptors (Lipinski definition) is 5. The maximum Gasteiger partial charge on any atom is 0.264 e. The Hall–Kier alpha value is -3.34. The van der Waals surface area contributed by atoms with Crippen LogP contribution in [0, 0.1) is 5.82 Å². The predicted octanol–water partition coefficient (Wildman–Crippen LogP) is 6.06. The Balaban J connectivity index is 2.06. The lowest BCUT2D eigenvalue weighted by atomic mass is 10.1. The first-order valence-electron chi connectivity index (χ1n) is 13.5. The highest BCUT2D eigenvalue weighted by atomic mass is 35.5. The summed E-state index contributed by atoms with van der Waals surface area (Å²) >= 11 is 12.5. The van der Waals surface area contributed by atoms with Gasteiger partial charge in [0.1, 0.15) is 24.2 Å². The van der Waals surface area contributed by atoms with E-state index in [2.05, 4.69) is 5.32 Å². The van der Waals surface area contributed by atoms with Crippen molar-refractivity contribution in [3.8, 4) is 5.75 Å². The van der Waals surface area contributed by atoms with Gasteiger partial charge in [0.05, 0.1) is 17.2 Å². The number of halogens is 3. The molecule has 12 heteroatoms. The van der Waals surface area contributed by atoms with Crippen LogP contribution in [0.4, 0.5) is 10.1 Å². The lowest BCUT2D eigenvalue weighted by Crippen LogP contribution is -2.52. The molecule has 0 saturated heterocycles. The van der Waals surface area contributed by atoms with Crippen molar-refractivity contribution in [2.45, 2.75) is 51.1 Å². The third-order valence-corrected chi connectivity index (χ3v) is 8.78. The minimum Gasteiger partial charge on any atom is -0.494 e. The van der Waals surface area contributed by atoms with Gasteiger partial charge in [0.25, 0.3) is 10.0 Å². The third kappa shape index (κ3) is 8.36. The first kappa shape index (κ1) is 33.2. The van der Waals surface area contributed by atoms with Crippen LogP contribution in [0.2, 0.25) is 10.0 Å². The van der Waals surface area contributed by atoms with E-state index in [9.17, 15) is 22.4 Å². The number of anilines is 1. The molecule has 0 saturated carbocycles. The molecule has 0 aliphatic heterocycles. The topological polar surface area (TPSA) is 96.0 Å². The Labute approximate surface area is 256 Å². The predicted molar refractivity (Wildman–Crippen MR) is 163 cm³/mol. The van der Waals surface area contributed by atoms with E-state index in [0.29, 0.717) is 40.9 Å². The Morgan fingerprint density at radius 2 is 1.64 bits per heavy atom. The molecule has 8 nitrogen and oxygen atoms in total. The highest BCUT2D eigenvalue weighted by molar-refractivity contribution is 7.92. The van der Waals surface area contributed by atoms with Crippen LogP contribution in [0.25, 0.3) is 0 Å². The summed E-state index contributed by atoms with van der Waals surface area (Å²) in [6, 6.07) is 14.4. The standard InChI is InChI=1S/C30H34Cl2FN3O5S/c1-4-17-34-30(38)28(5-2)35(19-21-7-8-22(31)18-27(21)32)29(37)20-36(24-11-9-23(33)10-12-24)42(39,40)26-15-13-25(14-16-26)41-6-3/h7-16,18,28H,4-6,17,19-20H2,1-3H3,(H,34,38)/t28-/m1/s1. The SMILES string of the molecule is CCCNC(=O)[C@@H](CC)N(Cc1ccc(Cl)cc1Cl)C(=O)CN(c1ccc(F)cc1)S(=O)(=O)c1ccc(OCC)cc1. The number of rotatable bonds is 14. The lowest BCUT2D eigenvalue weighted by Gasteiger charge is -2.33. The number of nitrogens with zero attached hydrogens (tertiary/aromatic N) is 2. The van der Waals surface area contributed by atoms with Crippen LogP contribution < -0.4 is 14.4 Å². The summed E-state index contributed by atoms with van der Waals surface area (Å²) < 4.78 is 48.0. The number of hydrogen-bond donors (Lipinski definition) is 1. The van der Waals surface area contributed by atoms with E-state index in [-0.39, 0.29) is 29.5 Å². The number of nitrogens with one attached hydrogen (secondary N) is 1. The number of amides is 2. The molecule has 0 bridgehead atoms. The second kappa shape index (κ2) is 15.2. The van der Waals surface area contributed by atoms with Crippen molar-refractivity contribution in [1.29, 1.82) is 0 Å². The number of sulfonamides is 1. The molecule has 0 spiro atoms. The molecule has 2 amide bonds. The van der Waals surface area contributed by atoms with E-state index in [1.807, 2.05) is 13.8 Å². The molecule has 42 heavy (non-hydrogen) atoms. The molecule has 226 valence electrons. The van der Waals surface area contributed by atoms with E-state index in [1.165, 1.54) is 47.4 Å². The van der Waals surface area contributed by atoms with E-state index in [4.69, 9.17) is 27.9 Å². The second-order valence-electron chi connectivity index (χ2n) is 9.36. The summed E-state index contributed by atoms with van der Waals surface area (Å²) in [6.45, 7) is 5.55. The van der Waals surface area contributed by atoms with E-state index in [0.717, 1.165) is 16.4 Å². The van der Waals surface area contributed by atoms with Crippen molar-refractivity contribution in [3.63, 3.8) is 0 Å². The maximum atomic E-state index is 14.0. The minimum atomic E-state index is -4.32. The van der Waals surface area contributed by atoms with Gasteiger partial charge in [-0.3, -0.25) is 13.9 Å². The van der Waals surface area contributed by atoms with Gasteiger partial charge in [-0.15, -0.1) is 0 Å². The average molecular weight is 639 g/mol. The fraction of sp³-hybridized carbons (Fsp3) is 0.333. The zero-order chi connectivity index (χ0) is 30.9. The number of ether oxygens (including phenoxy) is 1. The van der Waals surface area contributed by atoms with E-state index >= 15 is 0 Å². The van der Waals surface area contributed by atoms with Crippen molar-refractivity contribution < 1.29 is 27.1 Å². The first-order chi connectivity index (χ1) is 20.0. The van der Waals surface area contributed by atoms with E-state index in [1.54, 1.807) is 19.1 Å². The van der Waals surface area contributed by atoms with Crippen LogP contribution in [-0.2, 0) is 26.2 Å². The van der Waals surface area contributed by atoms with Crippen LogP contribution in [0.3, 0.4) is 0 Å². The zero-order valence-electron chi connectivity index (χ0n) is 23.6. The lowest BCUT2D eigenvalue weighted by molar-refractivity contribution is -0.140. The molecule has 0 aliphatic carbocycles. The van der Waals surface area contributed by atoms with Gasteiger partial charge < -0.3 is 15.0 Å². The van der Waals surface area contributed by atoms with Crippen molar-refractivity contribution in [2.24, 2.45) is 0 Å². The summed E-state index contributed by atoms with van der Waals surface area (Å²) in [5.41, 5.74) is 0.602. The molecular formula is C30H34Cl2FN3O5S. The Morgan fingerprint density at radius 3 is 2.21 bits per heavy atom. The molecule has 0 unspecified atom stereocenters. The van der Waals surface area contributed by atoms with Gasteiger partial charge in [-0.05, 0) is 86.0 Å². The van der Waals surface area contributed by atoms with Gasteiger partial charge in [0.2, 0.25) is 11.8 Å². The monoisotopic (exact) mass is 637 g/mol. The number of benzene rings is 3. The fourth-order valence-corrected chi connectivity index (χ4v) is 6.14. The molecule has 3 rings (SSSR count). The fourth-order valence-electron chi connectivity index (χ4n) is 4.26. The molecule has 0 heterocycles. The van der Waals surface area contributed by atoms with Gasteiger partial charge >= 0.3 is 0 Å². The molecule has 1 atom stereocenters. The summed E-state index contributed by atoms with van der Waals surface area (Å²) in [7, 11) is -4.32. The Kier molecular flexibility index (Phi) is 12.0. The van der Waals surface area contributed by atoms with Crippen molar-refractivity contribution in [1.82, 2.24) is 10.2 Å². The normalized spacial score (nSPS) is 12.0. The van der Waals surface area contributed by atoms with Gasteiger partial charge in [-0.2, -0.15) is 0 Å². The maximum absolute atomic E-state index is 14.0. The van der Waals surface area contributed by atoms with Gasteiger partial charge in [0.15, 0.2) is 0 Å². The summed E-state index contributed by atoms with van der Waals surface area (Å²) in [6.07, 6.45) is 0.951. The summed E-state index contributed by atoms with van der Waals surface area (Å²) in [5, 5.41) is 3.51. The molecule has 0 aliphatic rings. The van der Waals surface area contributed by atoms with Gasteiger partial charge in [-0.25, -0.2) is 12.8 Å². The van der Waals surface area contributed by atoms with E-state index < -0.39 is 34.3 Å². The molecule has 3 aromatic carbocycles. The molecule has 0 fully saturated rings. The van der Waals surface area contributed by atoms with Gasteiger partial charge in [-0.1, -0.05) is 43.1 Å². The average Bonchev–Trinajstić information content (AvgIpc) is 2.96. The number of carbonyl (C=O) groups is 2. The van der Waals surface area contributed by atoms with Crippen molar-refractivity contribution in [3.05, 3.63) is 88.2 Å². The summed E-state index contributed by atoms with van der Waals surface area (Å²) in [4.78, 5) is 28.4. The largest absolute Gasteiger partial charge is 0.494 e. The van der Waals surface area contributed by atoms with Crippen LogP contribution >= 0.6 is 23.2 Å². The van der Waals surface area contributed by atoms with Crippen molar-refractivity contribution in [2.75, 3.05) is 24.0 Å². The zero-order valence-corrected chi connectivity index (χ0v) is 26.0. The third-order valence-electron chi connectivity index (χ3n) is 6.41. The molecule has 3 aromatic rings. The van der Waals surface area contributed by atoms with Crippen LogP contribution in [-0.4, -0.2) is 50.9 Å². The first-order valence-corrected chi connectivity index (χ1v) is 15.7. The second-order valence-corrected chi connectivity index (χ2v) is 12.1. The molecule has 0 radical (unpaired) electrons. The quantitative estimate of drug-likeness (QED) is 0.232. The van der Waals surface area contributed by atoms with Crippen molar-refractivity contribution >= 4 is 50.7 Å². The summed E-state index contributed by atoms with van der Waals surface area (Å²) in [5.74, 6) is -1.12. The molecular weight excluding hydrogens is 604 g/mol. The van der Waals surface area contributed by atoms with Gasteiger partial charge in [0, 0.05) is 23.1 Å². The smallest absolute Gasteiger partial charge is 0.264 e. The highest BCUT2D eigenvalue weighted by Crippen LogP contribution is 2.28. The minimum absolute atomic E-state index is 0.0755. The Bertz CT molecular complexity index is 1470. The highest BCUT2D eigenvalue weighted by Gasteiger charge is 2.34. The molecule has 0 aromatic heterocycles. The number of carbonyl (C=O) groups excluding carboxylic acids is 2.